The predicted molar refractivity (Wildman–Crippen MR) is 61.1 cm³/mol. The zero-order valence-corrected chi connectivity index (χ0v) is 8.84. The molecule has 2 aliphatic rings. The molecule has 2 aliphatic heterocycles. The summed E-state index contributed by atoms with van der Waals surface area (Å²) >= 11 is 0. The molecule has 78 valence electrons. The lowest BCUT2D eigenvalue weighted by Crippen LogP contribution is -1.84. The molecule has 3 rings (SSSR count). The lowest BCUT2D eigenvalue weighted by Gasteiger charge is -2.02. The summed E-state index contributed by atoms with van der Waals surface area (Å²) in [5, 5.41) is 8.22. The number of hydrogen-bond acceptors (Lipinski definition) is 3. The Kier molecular flexibility index (Phi) is 1.96. The molecule has 0 saturated carbocycles. The first-order valence-corrected chi connectivity index (χ1v) is 5.12. The van der Waals surface area contributed by atoms with Gasteiger partial charge in [-0.2, -0.15) is 0 Å². The maximum Gasteiger partial charge on any atom is 0.248 e. The van der Waals surface area contributed by atoms with Gasteiger partial charge in [-0.25, -0.2) is 0 Å². The normalized spacial score (nSPS) is 10.8. The molecular formula is C13H10N2O. The van der Waals surface area contributed by atoms with Crippen LogP contribution >= 0.6 is 0 Å². The number of aromatic nitrogens is 2. The molecule has 0 atom stereocenters. The van der Waals surface area contributed by atoms with Gasteiger partial charge in [0.2, 0.25) is 5.89 Å². The van der Waals surface area contributed by atoms with Gasteiger partial charge in [0.05, 0.1) is 11.8 Å². The van der Waals surface area contributed by atoms with Gasteiger partial charge in [0.15, 0.2) is 0 Å². The highest BCUT2D eigenvalue weighted by Crippen LogP contribution is 2.33. The fourth-order valence-electron chi connectivity index (χ4n) is 1.82. The first-order chi connectivity index (χ1) is 7.86. The van der Waals surface area contributed by atoms with E-state index in [0.29, 0.717) is 5.89 Å². The molecule has 0 unspecified atom stereocenters. The second kappa shape index (κ2) is 3.45. The zero-order chi connectivity index (χ0) is 11.0. The average Bonchev–Trinajstić information content (AvgIpc) is 2.75. The molecule has 0 amide bonds. The number of hydrogen-bond donors (Lipinski definition) is 0. The van der Waals surface area contributed by atoms with Crippen molar-refractivity contribution >= 4 is 0 Å². The molecule has 0 fully saturated rings. The first-order valence-electron chi connectivity index (χ1n) is 5.12. The van der Waals surface area contributed by atoms with Gasteiger partial charge in [-0.05, 0) is 18.6 Å². The second-order valence-corrected chi connectivity index (χ2v) is 3.70. The molecule has 0 saturated heterocycles. The maximum absolute atomic E-state index is 5.32. The molecule has 0 aromatic heterocycles. The van der Waals surface area contributed by atoms with E-state index in [1.807, 2.05) is 43.3 Å². The topological polar surface area (TPSA) is 38.9 Å². The molecule has 0 aliphatic carbocycles. The fraction of sp³-hybridized carbons (Fsp3) is 0.0769. The van der Waals surface area contributed by atoms with E-state index in [1.54, 1.807) is 6.26 Å². The Morgan fingerprint density at radius 3 is 2.62 bits per heavy atom. The van der Waals surface area contributed by atoms with Crippen LogP contribution in [0.4, 0.5) is 0 Å². The average molecular weight is 210 g/mol. The van der Waals surface area contributed by atoms with E-state index in [2.05, 4.69) is 10.2 Å². The Hall–Kier alpha value is -2.16. The van der Waals surface area contributed by atoms with E-state index in [1.165, 1.54) is 0 Å². The Balaban J connectivity index is 2.27. The molecule has 16 heavy (non-hydrogen) atoms. The quantitative estimate of drug-likeness (QED) is 0.619. The van der Waals surface area contributed by atoms with Gasteiger partial charge in [0, 0.05) is 5.56 Å². The minimum absolute atomic E-state index is 0.596. The number of rotatable bonds is 1. The van der Waals surface area contributed by atoms with E-state index in [0.717, 1.165) is 22.4 Å². The van der Waals surface area contributed by atoms with Crippen LogP contribution in [0.3, 0.4) is 0 Å². The molecule has 3 nitrogen and oxygen atoms in total. The van der Waals surface area contributed by atoms with E-state index >= 15 is 0 Å². The Labute approximate surface area is 93.1 Å². The van der Waals surface area contributed by atoms with Crippen LogP contribution < -0.4 is 0 Å². The Morgan fingerprint density at radius 1 is 1.00 bits per heavy atom. The van der Waals surface area contributed by atoms with Crippen molar-refractivity contribution in [3.63, 3.8) is 0 Å². The van der Waals surface area contributed by atoms with E-state index in [4.69, 9.17) is 4.42 Å². The standard InChI is InChI=1S/C13H10N2O/c1-9-7-8-16-13-11(9)12(14-15-13)10-5-3-2-4-6-10/h2-8H,1H3. The Bertz CT molecular complexity index is 586. The van der Waals surface area contributed by atoms with E-state index in [9.17, 15) is 0 Å². The van der Waals surface area contributed by atoms with Crippen molar-refractivity contribution in [2.24, 2.45) is 0 Å². The van der Waals surface area contributed by atoms with Crippen LogP contribution in [0.2, 0.25) is 0 Å². The third-order valence-corrected chi connectivity index (χ3v) is 2.63. The van der Waals surface area contributed by atoms with Gasteiger partial charge >= 0.3 is 0 Å². The highest BCUT2D eigenvalue weighted by atomic mass is 16.3. The second-order valence-electron chi connectivity index (χ2n) is 3.70. The van der Waals surface area contributed by atoms with Gasteiger partial charge < -0.3 is 4.42 Å². The minimum atomic E-state index is 0.596. The molecule has 0 N–H and O–H groups in total. The van der Waals surface area contributed by atoms with Crippen molar-refractivity contribution in [1.29, 1.82) is 0 Å². The zero-order valence-electron chi connectivity index (χ0n) is 8.84. The van der Waals surface area contributed by atoms with Crippen LogP contribution in [0.25, 0.3) is 22.7 Å². The molecule has 0 bridgehead atoms. The van der Waals surface area contributed by atoms with Crippen molar-refractivity contribution in [1.82, 2.24) is 10.2 Å². The van der Waals surface area contributed by atoms with Gasteiger partial charge in [-0.15, -0.1) is 10.2 Å². The van der Waals surface area contributed by atoms with Crippen LogP contribution in [-0.2, 0) is 0 Å². The number of fused-ring (bicyclic) bond motifs is 1. The highest BCUT2D eigenvalue weighted by molar-refractivity contribution is 5.79. The van der Waals surface area contributed by atoms with Crippen molar-refractivity contribution < 1.29 is 4.42 Å². The summed E-state index contributed by atoms with van der Waals surface area (Å²) in [4.78, 5) is 0. The molecule has 1 aromatic carbocycles. The summed E-state index contributed by atoms with van der Waals surface area (Å²) in [5.74, 6) is 0.596. The number of aryl methyl sites for hydroxylation is 1. The van der Waals surface area contributed by atoms with Crippen molar-refractivity contribution in [3.05, 3.63) is 48.2 Å². The van der Waals surface area contributed by atoms with Gasteiger partial charge in [0.25, 0.3) is 0 Å². The summed E-state index contributed by atoms with van der Waals surface area (Å²) in [6, 6.07) is 11.9. The molecule has 1 aromatic rings. The van der Waals surface area contributed by atoms with Crippen LogP contribution in [0.15, 0.2) is 47.1 Å². The third kappa shape index (κ3) is 1.29. The smallest absolute Gasteiger partial charge is 0.248 e. The molecule has 0 radical (unpaired) electrons. The van der Waals surface area contributed by atoms with Crippen LogP contribution in [0.5, 0.6) is 0 Å². The van der Waals surface area contributed by atoms with Crippen molar-refractivity contribution in [2.45, 2.75) is 6.92 Å². The van der Waals surface area contributed by atoms with Crippen LogP contribution in [-0.4, -0.2) is 10.2 Å². The SMILES string of the molecule is Cc1ccoc2nnc(-c3ccccc3)c1-2. The largest absolute Gasteiger partial charge is 0.445 e. The fourth-order valence-corrected chi connectivity index (χ4v) is 1.82. The molecule has 0 spiro atoms. The summed E-state index contributed by atoms with van der Waals surface area (Å²) < 4.78 is 5.32. The summed E-state index contributed by atoms with van der Waals surface area (Å²) in [6.07, 6.45) is 1.64. The summed E-state index contributed by atoms with van der Waals surface area (Å²) in [6.45, 7) is 2.04. The third-order valence-electron chi connectivity index (χ3n) is 2.63. The van der Waals surface area contributed by atoms with Gasteiger partial charge in [-0.1, -0.05) is 30.3 Å². The first kappa shape index (κ1) is 9.09. The molecule has 2 heterocycles. The highest BCUT2D eigenvalue weighted by Gasteiger charge is 2.18. The molecule has 3 heteroatoms. The monoisotopic (exact) mass is 210 g/mol. The molecular weight excluding hydrogens is 200 g/mol. The number of nitrogens with zero attached hydrogens (tertiary/aromatic N) is 2. The van der Waals surface area contributed by atoms with Crippen molar-refractivity contribution in [2.75, 3.05) is 0 Å². The number of benzene rings is 1. The van der Waals surface area contributed by atoms with Crippen molar-refractivity contribution in [3.8, 4) is 22.7 Å². The Morgan fingerprint density at radius 2 is 1.81 bits per heavy atom. The summed E-state index contributed by atoms with van der Waals surface area (Å²) in [7, 11) is 0. The van der Waals surface area contributed by atoms with Gasteiger partial charge in [-0.3, -0.25) is 0 Å². The van der Waals surface area contributed by atoms with E-state index in [-0.39, 0.29) is 0 Å². The predicted octanol–water partition coefficient (Wildman–Crippen LogP) is 3.15. The van der Waals surface area contributed by atoms with Crippen LogP contribution in [0.1, 0.15) is 5.56 Å². The summed E-state index contributed by atoms with van der Waals surface area (Å²) in [5.41, 5.74) is 4.07. The van der Waals surface area contributed by atoms with E-state index < -0.39 is 0 Å². The minimum Gasteiger partial charge on any atom is -0.445 e. The lowest BCUT2D eigenvalue weighted by molar-refractivity contribution is 0.545. The van der Waals surface area contributed by atoms with Gasteiger partial charge in [0.1, 0.15) is 5.69 Å². The lowest BCUT2D eigenvalue weighted by atomic mass is 10.0. The van der Waals surface area contributed by atoms with Crippen LogP contribution in [0, 0.1) is 6.92 Å². The maximum atomic E-state index is 5.32.